The van der Waals surface area contributed by atoms with Crippen molar-refractivity contribution in [2.45, 2.75) is 6.54 Å². The zero-order valence-corrected chi connectivity index (χ0v) is 9.37. The second-order valence-corrected chi connectivity index (χ2v) is 3.23. The topological polar surface area (TPSA) is 104 Å². The van der Waals surface area contributed by atoms with Gasteiger partial charge in [-0.2, -0.15) is 15.0 Å². The van der Waals surface area contributed by atoms with Crippen LogP contribution in [0.1, 0.15) is 0 Å². The molecule has 0 aliphatic carbocycles. The molecule has 8 heteroatoms. The number of methoxy groups -OCH3 is 1. The molecule has 2 rings (SSSR count). The third kappa shape index (κ3) is 3.03. The highest BCUT2D eigenvalue weighted by molar-refractivity contribution is 5.32. The summed E-state index contributed by atoms with van der Waals surface area (Å²) in [6.07, 6.45) is 5.35. The lowest BCUT2D eigenvalue weighted by atomic mass is 10.6. The van der Waals surface area contributed by atoms with Gasteiger partial charge >= 0.3 is 6.01 Å². The third-order valence-electron chi connectivity index (χ3n) is 2.03. The minimum atomic E-state index is 0.127. The number of nitrogen functional groups attached to an aromatic ring is 1. The smallest absolute Gasteiger partial charge is 0.322 e. The normalized spacial score (nSPS) is 10.2. The molecule has 8 nitrogen and oxygen atoms in total. The molecule has 90 valence electrons. The van der Waals surface area contributed by atoms with Crippen molar-refractivity contribution >= 4 is 11.9 Å². The first kappa shape index (κ1) is 11.1. The highest BCUT2D eigenvalue weighted by Crippen LogP contribution is 2.07. The molecule has 0 aliphatic rings. The Balaban J connectivity index is 1.92. The number of nitrogens with two attached hydrogens (primary N) is 1. The van der Waals surface area contributed by atoms with Gasteiger partial charge in [0, 0.05) is 25.5 Å². The number of rotatable bonds is 5. The van der Waals surface area contributed by atoms with Gasteiger partial charge in [-0.3, -0.25) is 0 Å². The van der Waals surface area contributed by atoms with Gasteiger partial charge in [-0.15, -0.1) is 0 Å². The summed E-state index contributed by atoms with van der Waals surface area (Å²) in [5.74, 6) is 0.524. The zero-order valence-electron chi connectivity index (χ0n) is 9.37. The van der Waals surface area contributed by atoms with Crippen LogP contribution >= 0.6 is 0 Å². The van der Waals surface area contributed by atoms with Gasteiger partial charge in [0.2, 0.25) is 11.9 Å². The monoisotopic (exact) mass is 235 g/mol. The second-order valence-electron chi connectivity index (χ2n) is 3.23. The van der Waals surface area contributed by atoms with E-state index in [-0.39, 0.29) is 12.0 Å². The standard InChI is InChI=1S/C9H13N7O/c1-17-9-14-7(10)13-8(15-9)12-3-5-16-4-2-11-6-16/h2,4,6H,3,5H2,1H3,(H3,10,12,13,14,15). The van der Waals surface area contributed by atoms with E-state index in [0.29, 0.717) is 12.5 Å². The van der Waals surface area contributed by atoms with Crippen molar-refractivity contribution in [1.82, 2.24) is 24.5 Å². The van der Waals surface area contributed by atoms with Crippen LogP contribution in [-0.2, 0) is 6.54 Å². The van der Waals surface area contributed by atoms with E-state index in [1.54, 1.807) is 12.5 Å². The summed E-state index contributed by atoms with van der Waals surface area (Å²) in [5, 5.41) is 3.03. The van der Waals surface area contributed by atoms with E-state index >= 15 is 0 Å². The first-order chi connectivity index (χ1) is 8.28. The Hall–Kier alpha value is -2.38. The van der Waals surface area contributed by atoms with Crippen LogP contribution in [0.3, 0.4) is 0 Å². The van der Waals surface area contributed by atoms with E-state index < -0.39 is 0 Å². The van der Waals surface area contributed by atoms with Gasteiger partial charge in [-0.05, 0) is 0 Å². The van der Waals surface area contributed by atoms with Crippen LogP contribution in [-0.4, -0.2) is 38.2 Å². The molecular formula is C9H13N7O. The summed E-state index contributed by atoms with van der Waals surface area (Å²) in [6.45, 7) is 1.41. The minimum absolute atomic E-state index is 0.127. The van der Waals surface area contributed by atoms with E-state index in [9.17, 15) is 0 Å². The predicted molar refractivity (Wildman–Crippen MR) is 61.5 cm³/mol. The number of nitrogens with zero attached hydrogens (tertiary/aromatic N) is 5. The molecular weight excluding hydrogens is 222 g/mol. The molecule has 0 unspecified atom stereocenters. The van der Waals surface area contributed by atoms with Crippen LogP contribution in [0.2, 0.25) is 0 Å². The number of aromatic nitrogens is 5. The molecule has 0 saturated carbocycles. The van der Waals surface area contributed by atoms with Crippen molar-refractivity contribution in [3.05, 3.63) is 18.7 Å². The molecule has 0 spiro atoms. The van der Waals surface area contributed by atoms with Crippen LogP contribution in [0, 0.1) is 0 Å². The lowest BCUT2D eigenvalue weighted by Gasteiger charge is -2.06. The number of hydrogen-bond donors (Lipinski definition) is 2. The Kier molecular flexibility index (Phi) is 3.34. The van der Waals surface area contributed by atoms with Crippen molar-refractivity contribution in [2.24, 2.45) is 0 Å². The van der Waals surface area contributed by atoms with Crippen LogP contribution in [0.15, 0.2) is 18.7 Å². The van der Waals surface area contributed by atoms with Crippen molar-refractivity contribution < 1.29 is 4.74 Å². The molecule has 2 aromatic rings. The molecule has 0 atom stereocenters. The quantitative estimate of drug-likeness (QED) is 0.737. The molecule has 0 bridgehead atoms. The second kappa shape index (κ2) is 5.10. The summed E-state index contributed by atoms with van der Waals surface area (Å²) in [6, 6.07) is 0.197. The maximum absolute atomic E-state index is 5.50. The van der Waals surface area contributed by atoms with Crippen LogP contribution < -0.4 is 15.8 Å². The average molecular weight is 235 g/mol. The summed E-state index contributed by atoms with van der Waals surface area (Å²) in [5.41, 5.74) is 5.50. The maximum Gasteiger partial charge on any atom is 0.322 e. The Bertz CT molecular complexity index is 470. The molecule has 2 heterocycles. The first-order valence-electron chi connectivity index (χ1n) is 5.03. The van der Waals surface area contributed by atoms with Gasteiger partial charge in [0.05, 0.1) is 13.4 Å². The van der Waals surface area contributed by atoms with Gasteiger partial charge in [0.25, 0.3) is 0 Å². The van der Waals surface area contributed by atoms with E-state index in [1.165, 1.54) is 7.11 Å². The molecule has 0 amide bonds. The van der Waals surface area contributed by atoms with Gasteiger partial charge < -0.3 is 20.4 Å². The largest absolute Gasteiger partial charge is 0.467 e. The van der Waals surface area contributed by atoms with Crippen LogP contribution in [0.4, 0.5) is 11.9 Å². The minimum Gasteiger partial charge on any atom is -0.467 e. The number of anilines is 2. The molecule has 2 aromatic heterocycles. The van der Waals surface area contributed by atoms with E-state index in [0.717, 1.165) is 6.54 Å². The zero-order chi connectivity index (χ0) is 12.1. The molecule has 0 aromatic carbocycles. The van der Waals surface area contributed by atoms with Crippen molar-refractivity contribution in [3.8, 4) is 6.01 Å². The lowest BCUT2D eigenvalue weighted by molar-refractivity contribution is 0.379. The van der Waals surface area contributed by atoms with Gasteiger partial charge in [-0.25, -0.2) is 4.98 Å². The Morgan fingerprint density at radius 3 is 3.00 bits per heavy atom. The summed E-state index contributed by atoms with van der Waals surface area (Å²) >= 11 is 0. The molecule has 0 saturated heterocycles. The molecule has 17 heavy (non-hydrogen) atoms. The fourth-order valence-corrected chi connectivity index (χ4v) is 1.26. The third-order valence-corrected chi connectivity index (χ3v) is 2.03. The number of ether oxygens (including phenoxy) is 1. The summed E-state index contributed by atoms with van der Waals surface area (Å²) in [7, 11) is 1.48. The fraction of sp³-hybridized carbons (Fsp3) is 0.333. The fourth-order valence-electron chi connectivity index (χ4n) is 1.26. The maximum atomic E-state index is 5.50. The van der Waals surface area contributed by atoms with Gasteiger partial charge in [0.1, 0.15) is 0 Å². The Labute approximate surface area is 97.9 Å². The molecule has 0 aliphatic heterocycles. The SMILES string of the molecule is COc1nc(N)nc(NCCn2ccnc2)n1. The molecule has 0 radical (unpaired) electrons. The first-order valence-corrected chi connectivity index (χ1v) is 5.03. The van der Waals surface area contributed by atoms with E-state index in [1.807, 2.05) is 10.8 Å². The van der Waals surface area contributed by atoms with Gasteiger partial charge in [-0.1, -0.05) is 0 Å². The van der Waals surface area contributed by atoms with Crippen LogP contribution in [0.5, 0.6) is 6.01 Å². The predicted octanol–water partition coefficient (Wildman–Crippen LogP) is -0.229. The van der Waals surface area contributed by atoms with Gasteiger partial charge in [0.15, 0.2) is 0 Å². The Morgan fingerprint density at radius 2 is 2.29 bits per heavy atom. The van der Waals surface area contributed by atoms with Crippen LogP contribution in [0.25, 0.3) is 0 Å². The highest BCUT2D eigenvalue weighted by atomic mass is 16.5. The molecule has 3 N–H and O–H groups in total. The lowest BCUT2D eigenvalue weighted by Crippen LogP contribution is -2.13. The van der Waals surface area contributed by atoms with Crippen molar-refractivity contribution in [2.75, 3.05) is 24.7 Å². The number of nitrogens with one attached hydrogen (secondary N) is 1. The summed E-state index contributed by atoms with van der Waals surface area (Å²) in [4.78, 5) is 15.7. The number of imidazole rings is 1. The average Bonchev–Trinajstić information content (AvgIpc) is 2.81. The Morgan fingerprint density at radius 1 is 1.41 bits per heavy atom. The van der Waals surface area contributed by atoms with Crippen molar-refractivity contribution in [1.29, 1.82) is 0 Å². The van der Waals surface area contributed by atoms with E-state index in [4.69, 9.17) is 10.5 Å². The molecule has 0 fully saturated rings. The number of hydrogen-bond acceptors (Lipinski definition) is 7. The summed E-state index contributed by atoms with van der Waals surface area (Å²) < 4.78 is 6.83. The highest BCUT2D eigenvalue weighted by Gasteiger charge is 2.03. The van der Waals surface area contributed by atoms with Crippen molar-refractivity contribution in [3.63, 3.8) is 0 Å². The van der Waals surface area contributed by atoms with E-state index in [2.05, 4.69) is 25.3 Å².